The van der Waals surface area contributed by atoms with E-state index >= 15 is 0 Å². The highest BCUT2D eigenvalue weighted by Gasteiger charge is 2.16. The number of benzene rings is 1. The Hall–Kier alpha value is -1.02. The predicted molar refractivity (Wildman–Crippen MR) is 108 cm³/mol. The minimum absolute atomic E-state index is 0. The maximum absolute atomic E-state index is 4.43. The molecule has 1 fully saturated rings. The van der Waals surface area contributed by atoms with Crippen LogP contribution in [-0.2, 0) is 0 Å². The fraction of sp³-hybridized carbons (Fsp3) is 0.588. The Kier molecular flexibility index (Phi) is 7.94. The number of nitrogens with zero attached hydrogens (tertiary/aromatic N) is 3. The molecule has 128 valence electrons. The van der Waals surface area contributed by atoms with Gasteiger partial charge in [-0.2, -0.15) is 0 Å². The number of aliphatic imine (C=N–C) groups is 1. The van der Waals surface area contributed by atoms with Crippen molar-refractivity contribution >= 4 is 35.6 Å². The minimum atomic E-state index is 0. The van der Waals surface area contributed by atoms with Crippen LogP contribution in [-0.4, -0.2) is 63.2 Å². The van der Waals surface area contributed by atoms with Crippen LogP contribution in [0.3, 0.4) is 0 Å². The first-order valence-corrected chi connectivity index (χ1v) is 8.46. The van der Waals surface area contributed by atoms with Crippen LogP contribution in [0.4, 0.5) is 5.69 Å². The van der Waals surface area contributed by atoms with Gasteiger partial charge in [-0.15, -0.1) is 24.0 Å². The first kappa shape index (κ1) is 18.3. The summed E-state index contributed by atoms with van der Waals surface area (Å²) in [6.45, 7) is 8.76. The highest BCUT2D eigenvalue weighted by molar-refractivity contribution is 14.0. The Morgan fingerprint density at radius 3 is 2.57 bits per heavy atom. The Morgan fingerprint density at radius 1 is 1.09 bits per heavy atom. The molecule has 0 unspecified atom stereocenters. The summed E-state index contributed by atoms with van der Waals surface area (Å²) in [4.78, 5) is 9.48. The minimum Gasteiger partial charge on any atom is -0.369 e. The van der Waals surface area contributed by atoms with E-state index in [0.717, 1.165) is 58.2 Å². The molecule has 0 atom stereocenters. The van der Waals surface area contributed by atoms with Crippen molar-refractivity contribution in [1.29, 1.82) is 0 Å². The molecular weight excluding hydrogens is 401 g/mol. The fourth-order valence-corrected chi connectivity index (χ4v) is 3.03. The molecule has 3 rings (SSSR count). The van der Waals surface area contributed by atoms with E-state index in [0.29, 0.717) is 0 Å². The third-order valence-corrected chi connectivity index (χ3v) is 4.33. The van der Waals surface area contributed by atoms with Crippen molar-refractivity contribution in [2.45, 2.75) is 12.8 Å². The number of piperazine rings is 1. The van der Waals surface area contributed by atoms with Gasteiger partial charge >= 0.3 is 0 Å². The van der Waals surface area contributed by atoms with Gasteiger partial charge in [0.1, 0.15) is 0 Å². The van der Waals surface area contributed by atoms with Crippen molar-refractivity contribution in [2.24, 2.45) is 4.99 Å². The first-order chi connectivity index (χ1) is 10.9. The second-order valence-electron chi connectivity index (χ2n) is 5.96. The van der Waals surface area contributed by atoms with Gasteiger partial charge in [0.05, 0.1) is 0 Å². The summed E-state index contributed by atoms with van der Waals surface area (Å²) >= 11 is 0. The average molecular weight is 429 g/mol. The van der Waals surface area contributed by atoms with Crippen LogP contribution in [0.25, 0.3) is 0 Å². The second-order valence-corrected chi connectivity index (χ2v) is 5.96. The van der Waals surface area contributed by atoms with E-state index in [9.17, 15) is 0 Å². The zero-order chi connectivity index (χ0) is 15.0. The molecule has 6 heteroatoms. The second kappa shape index (κ2) is 9.97. The lowest BCUT2D eigenvalue weighted by molar-refractivity contribution is 0.255. The van der Waals surface area contributed by atoms with Crippen LogP contribution in [0.2, 0.25) is 0 Å². The van der Waals surface area contributed by atoms with Gasteiger partial charge in [-0.3, -0.25) is 9.89 Å². The third kappa shape index (κ3) is 5.84. The number of anilines is 1. The SMILES string of the molecule is I.c1ccc(N2CCN(CCCNC3=NCCCN3)CC2)cc1. The predicted octanol–water partition coefficient (Wildman–Crippen LogP) is 1.76. The molecule has 0 bridgehead atoms. The first-order valence-electron chi connectivity index (χ1n) is 8.46. The molecule has 0 radical (unpaired) electrons. The number of para-hydroxylation sites is 1. The molecule has 0 saturated carbocycles. The quantitative estimate of drug-likeness (QED) is 0.553. The summed E-state index contributed by atoms with van der Waals surface area (Å²) in [5, 5.41) is 6.70. The molecule has 1 aromatic rings. The molecule has 2 heterocycles. The highest BCUT2D eigenvalue weighted by atomic mass is 127. The van der Waals surface area contributed by atoms with Crippen molar-refractivity contribution in [3.63, 3.8) is 0 Å². The fourth-order valence-electron chi connectivity index (χ4n) is 3.03. The van der Waals surface area contributed by atoms with Gasteiger partial charge in [0.25, 0.3) is 0 Å². The van der Waals surface area contributed by atoms with Crippen LogP contribution >= 0.6 is 24.0 Å². The molecule has 1 saturated heterocycles. The van der Waals surface area contributed by atoms with E-state index < -0.39 is 0 Å². The Balaban J connectivity index is 0.00000192. The molecular formula is C17H28IN5. The topological polar surface area (TPSA) is 42.9 Å². The summed E-state index contributed by atoms with van der Waals surface area (Å²) in [6, 6.07) is 10.7. The van der Waals surface area contributed by atoms with Crippen molar-refractivity contribution in [1.82, 2.24) is 15.5 Å². The van der Waals surface area contributed by atoms with Crippen LogP contribution in [0.1, 0.15) is 12.8 Å². The Morgan fingerprint density at radius 2 is 1.87 bits per heavy atom. The molecule has 0 aliphatic carbocycles. The maximum atomic E-state index is 4.43. The van der Waals surface area contributed by atoms with Crippen LogP contribution in [0.5, 0.6) is 0 Å². The molecule has 0 aromatic heterocycles. The third-order valence-electron chi connectivity index (χ3n) is 4.33. The molecule has 2 aliphatic rings. The Bertz CT molecular complexity index is 471. The summed E-state index contributed by atoms with van der Waals surface area (Å²) in [5.41, 5.74) is 1.35. The van der Waals surface area contributed by atoms with Crippen molar-refractivity contribution in [3.05, 3.63) is 30.3 Å². The zero-order valence-electron chi connectivity index (χ0n) is 13.7. The zero-order valence-corrected chi connectivity index (χ0v) is 16.0. The van der Waals surface area contributed by atoms with E-state index in [1.165, 1.54) is 18.7 Å². The molecule has 0 amide bonds. The van der Waals surface area contributed by atoms with E-state index in [2.05, 4.69) is 55.8 Å². The van der Waals surface area contributed by atoms with Crippen molar-refractivity contribution < 1.29 is 0 Å². The lowest BCUT2D eigenvalue weighted by Crippen LogP contribution is -2.47. The number of nitrogens with one attached hydrogen (secondary N) is 2. The highest BCUT2D eigenvalue weighted by Crippen LogP contribution is 2.15. The normalized spacial score (nSPS) is 18.6. The average Bonchev–Trinajstić information content (AvgIpc) is 2.61. The van der Waals surface area contributed by atoms with Gasteiger partial charge in [0, 0.05) is 51.5 Å². The summed E-state index contributed by atoms with van der Waals surface area (Å²) in [6.07, 6.45) is 2.32. The number of hydrogen-bond donors (Lipinski definition) is 2. The van der Waals surface area contributed by atoms with Gasteiger partial charge in [-0.1, -0.05) is 18.2 Å². The van der Waals surface area contributed by atoms with E-state index in [4.69, 9.17) is 0 Å². The van der Waals surface area contributed by atoms with Gasteiger partial charge in [0.15, 0.2) is 5.96 Å². The molecule has 2 aliphatic heterocycles. The van der Waals surface area contributed by atoms with Gasteiger partial charge in [-0.25, -0.2) is 0 Å². The number of halogens is 1. The summed E-state index contributed by atoms with van der Waals surface area (Å²) < 4.78 is 0. The monoisotopic (exact) mass is 429 g/mol. The molecule has 5 nitrogen and oxygen atoms in total. The van der Waals surface area contributed by atoms with E-state index in [1.54, 1.807) is 0 Å². The van der Waals surface area contributed by atoms with E-state index in [1.807, 2.05) is 0 Å². The smallest absolute Gasteiger partial charge is 0.191 e. The molecule has 0 spiro atoms. The molecule has 1 aromatic carbocycles. The summed E-state index contributed by atoms with van der Waals surface area (Å²) in [7, 11) is 0. The van der Waals surface area contributed by atoms with Crippen LogP contribution in [0, 0.1) is 0 Å². The molecule has 23 heavy (non-hydrogen) atoms. The van der Waals surface area contributed by atoms with Gasteiger partial charge in [0.2, 0.25) is 0 Å². The summed E-state index contributed by atoms with van der Waals surface area (Å²) in [5.74, 6) is 0.986. The van der Waals surface area contributed by atoms with Crippen molar-refractivity contribution in [3.8, 4) is 0 Å². The van der Waals surface area contributed by atoms with Crippen molar-refractivity contribution in [2.75, 3.05) is 57.3 Å². The van der Waals surface area contributed by atoms with Crippen LogP contribution in [0.15, 0.2) is 35.3 Å². The number of rotatable bonds is 5. The van der Waals surface area contributed by atoms with Gasteiger partial charge < -0.3 is 15.5 Å². The maximum Gasteiger partial charge on any atom is 0.191 e. The lowest BCUT2D eigenvalue weighted by atomic mass is 10.2. The largest absolute Gasteiger partial charge is 0.369 e. The number of hydrogen-bond acceptors (Lipinski definition) is 5. The van der Waals surface area contributed by atoms with Gasteiger partial charge in [-0.05, 0) is 31.5 Å². The lowest BCUT2D eigenvalue weighted by Gasteiger charge is -2.36. The number of guanidine groups is 1. The van der Waals surface area contributed by atoms with Crippen LogP contribution < -0.4 is 15.5 Å². The van der Waals surface area contributed by atoms with E-state index in [-0.39, 0.29) is 24.0 Å². The standard InChI is InChI=1S/C17H27N5.HI/c1-2-6-16(7-3-1)22-14-12-21(13-15-22)11-5-10-20-17-18-8-4-9-19-17;/h1-3,6-7H,4-5,8-15H2,(H2,18,19,20);1H. The molecule has 2 N–H and O–H groups in total. The Labute approximate surface area is 156 Å².